The second-order valence-corrected chi connectivity index (χ2v) is 8.82. The molecule has 1 N–H and O–H groups in total. The number of halogens is 2. The monoisotopic (exact) mass is 466 g/mol. The van der Waals surface area contributed by atoms with Crippen LogP contribution in [0, 0.1) is 6.92 Å². The van der Waals surface area contributed by atoms with Crippen molar-refractivity contribution in [2.75, 3.05) is 12.3 Å². The minimum Gasteiger partial charge on any atom is -0.355 e. The Morgan fingerprint density at radius 2 is 1.77 bits per heavy atom. The lowest BCUT2D eigenvalue weighted by molar-refractivity contribution is -0.139. The van der Waals surface area contributed by atoms with Crippen molar-refractivity contribution in [2.45, 2.75) is 45.5 Å². The van der Waals surface area contributed by atoms with E-state index in [0.29, 0.717) is 28.6 Å². The van der Waals surface area contributed by atoms with Gasteiger partial charge in [0, 0.05) is 34.5 Å². The summed E-state index contributed by atoms with van der Waals surface area (Å²) < 4.78 is 0. The van der Waals surface area contributed by atoms with E-state index >= 15 is 0 Å². The van der Waals surface area contributed by atoms with Gasteiger partial charge >= 0.3 is 0 Å². The van der Waals surface area contributed by atoms with Gasteiger partial charge in [0.15, 0.2) is 0 Å². The molecule has 30 heavy (non-hydrogen) atoms. The second-order valence-electron chi connectivity index (χ2n) is 7.02. The average molecular weight is 467 g/mol. The van der Waals surface area contributed by atoms with E-state index in [9.17, 15) is 9.59 Å². The minimum atomic E-state index is -0.579. The van der Waals surface area contributed by atoms with Crippen molar-refractivity contribution in [2.24, 2.45) is 0 Å². The van der Waals surface area contributed by atoms with Gasteiger partial charge in [-0.15, -0.1) is 11.8 Å². The van der Waals surface area contributed by atoms with Crippen molar-refractivity contribution < 1.29 is 9.59 Å². The molecule has 0 spiro atoms. The largest absolute Gasteiger partial charge is 0.355 e. The van der Waals surface area contributed by atoms with Gasteiger partial charge in [0.05, 0.1) is 5.75 Å². The van der Waals surface area contributed by atoms with Gasteiger partial charge in [-0.1, -0.05) is 66.0 Å². The number of nitrogens with zero attached hydrogens (tertiary/aromatic N) is 1. The number of carbonyl (C=O) groups excluding carboxylic acids is 2. The third kappa shape index (κ3) is 6.93. The summed E-state index contributed by atoms with van der Waals surface area (Å²) in [6, 6.07) is 12.9. The topological polar surface area (TPSA) is 49.4 Å². The first kappa shape index (κ1) is 24.6. The fourth-order valence-corrected chi connectivity index (χ4v) is 4.58. The van der Waals surface area contributed by atoms with Crippen molar-refractivity contribution in [3.8, 4) is 0 Å². The van der Waals surface area contributed by atoms with Gasteiger partial charge in [0.25, 0.3) is 0 Å². The normalized spacial score (nSPS) is 11.8. The molecule has 0 aliphatic rings. The molecular weight excluding hydrogens is 439 g/mol. The highest BCUT2D eigenvalue weighted by Gasteiger charge is 2.29. The highest BCUT2D eigenvalue weighted by atomic mass is 35.5. The smallest absolute Gasteiger partial charge is 0.242 e. The van der Waals surface area contributed by atoms with E-state index in [-0.39, 0.29) is 24.1 Å². The molecule has 0 aliphatic heterocycles. The number of amides is 2. The fraction of sp³-hybridized carbons (Fsp3) is 0.391. The Balaban J connectivity index is 2.18. The number of benzene rings is 2. The molecule has 2 aromatic rings. The number of likely N-dealkylation sites (N-methyl/N-ethyl adjacent to an activating group) is 1. The summed E-state index contributed by atoms with van der Waals surface area (Å²) in [6.45, 7) is 6.50. The molecule has 0 unspecified atom stereocenters. The molecule has 4 nitrogen and oxygen atoms in total. The molecule has 0 fully saturated rings. The summed E-state index contributed by atoms with van der Waals surface area (Å²) in [7, 11) is 0. The zero-order valence-electron chi connectivity index (χ0n) is 17.6. The van der Waals surface area contributed by atoms with Gasteiger partial charge in [0.1, 0.15) is 6.04 Å². The molecule has 0 saturated carbocycles. The van der Waals surface area contributed by atoms with E-state index < -0.39 is 6.04 Å². The van der Waals surface area contributed by atoms with Crippen molar-refractivity contribution in [1.82, 2.24) is 10.2 Å². The van der Waals surface area contributed by atoms with Gasteiger partial charge in [-0.3, -0.25) is 9.59 Å². The molecule has 2 aromatic carbocycles. The Kier molecular flexibility index (Phi) is 10.0. The fourth-order valence-electron chi connectivity index (χ4n) is 3.21. The Morgan fingerprint density at radius 1 is 1.10 bits per heavy atom. The van der Waals surface area contributed by atoms with E-state index in [2.05, 4.69) is 17.4 Å². The molecule has 2 amide bonds. The molecular formula is C23H28Cl2N2O2S. The first-order valence-electron chi connectivity index (χ1n) is 10.0. The minimum absolute atomic E-state index is 0.109. The lowest BCUT2D eigenvalue weighted by Gasteiger charge is -2.31. The molecule has 0 aliphatic carbocycles. The molecule has 0 radical (unpaired) electrons. The van der Waals surface area contributed by atoms with Gasteiger partial charge < -0.3 is 10.2 Å². The van der Waals surface area contributed by atoms with Crippen LogP contribution in [0.2, 0.25) is 10.0 Å². The van der Waals surface area contributed by atoms with E-state index in [1.807, 2.05) is 32.9 Å². The maximum atomic E-state index is 13.2. The quantitative estimate of drug-likeness (QED) is 0.504. The lowest BCUT2D eigenvalue weighted by Crippen LogP contribution is -2.49. The molecule has 7 heteroatoms. The summed E-state index contributed by atoms with van der Waals surface area (Å²) in [5.41, 5.74) is 3.02. The van der Waals surface area contributed by atoms with Gasteiger partial charge in [-0.05, 0) is 38.0 Å². The van der Waals surface area contributed by atoms with Crippen LogP contribution in [0.5, 0.6) is 0 Å². The molecule has 0 aromatic heterocycles. The van der Waals surface area contributed by atoms with E-state index in [0.717, 1.165) is 5.75 Å². The molecule has 0 saturated heterocycles. The number of hydrogen-bond acceptors (Lipinski definition) is 3. The third-order valence-corrected chi connectivity index (χ3v) is 6.40. The van der Waals surface area contributed by atoms with Crippen molar-refractivity contribution in [1.29, 1.82) is 0 Å². The van der Waals surface area contributed by atoms with Gasteiger partial charge in [-0.25, -0.2) is 0 Å². The van der Waals surface area contributed by atoms with Crippen LogP contribution in [0.1, 0.15) is 37.0 Å². The van der Waals surface area contributed by atoms with E-state index in [1.165, 1.54) is 22.9 Å². The zero-order valence-corrected chi connectivity index (χ0v) is 19.9. The summed E-state index contributed by atoms with van der Waals surface area (Å²) >= 11 is 14.2. The summed E-state index contributed by atoms with van der Waals surface area (Å²) in [5, 5.41) is 3.80. The summed E-state index contributed by atoms with van der Waals surface area (Å²) in [4.78, 5) is 27.4. The third-order valence-electron chi connectivity index (χ3n) is 4.70. The lowest BCUT2D eigenvalue weighted by atomic mass is 10.1. The maximum Gasteiger partial charge on any atom is 0.242 e. The molecule has 0 heterocycles. The number of hydrogen-bond donors (Lipinski definition) is 1. The summed E-state index contributed by atoms with van der Waals surface area (Å²) in [6.07, 6.45) is 0.502. The standard InChI is InChI=1S/C23H28Cl2N2O2S/c1-4-21(23(29)26-5-2)27(13-18-19(24)10-7-11-20(18)25)22(28)15-30-14-17-9-6-8-16(3)12-17/h6-12,21H,4-5,13-15H2,1-3H3,(H,26,29)/t21-/m0/s1. The summed E-state index contributed by atoms with van der Waals surface area (Å²) in [5.74, 6) is 0.722. The number of carbonyl (C=O) groups is 2. The Labute approximate surface area is 193 Å². The number of rotatable bonds is 10. The van der Waals surface area contributed by atoms with Crippen LogP contribution in [0.25, 0.3) is 0 Å². The van der Waals surface area contributed by atoms with Crippen LogP contribution in [0.3, 0.4) is 0 Å². The number of thioether (sulfide) groups is 1. The maximum absolute atomic E-state index is 13.2. The van der Waals surface area contributed by atoms with Crippen molar-refractivity contribution >= 4 is 46.8 Å². The second kappa shape index (κ2) is 12.2. The first-order valence-corrected chi connectivity index (χ1v) is 11.9. The van der Waals surface area contributed by atoms with Crippen LogP contribution in [-0.2, 0) is 21.9 Å². The molecule has 2 rings (SSSR count). The Morgan fingerprint density at radius 3 is 2.37 bits per heavy atom. The molecule has 162 valence electrons. The Hall–Kier alpha value is -1.69. The highest BCUT2D eigenvalue weighted by molar-refractivity contribution is 7.99. The number of nitrogens with one attached hydrogen (secondary N) is 1. The van der Waals surface area contributed by atoms with Crippen LogP contribution in [0.15, 0.2) is 42.5 Å². The Bertz CT molecular complexity index is 856. The van der Waals surface area contributed by atoms with E-state index in [1.54, 1.807) is 23.1 Å². The molecule has 0 bridgehead atoms. The predicted molar refractivity (Wildman–Crippen MR) is 127 cm³/mol. The highest BCUT2D eigenvalue weighted by Crippen LogP contribution is 2.27. The SMILES string of the molecule is CCNC(=O)[C@H](CC)N(Cc1c(Cl)cccc1Cl)C(=O)CSCc1cccc(C)c1. The first-order chi connectivity index (χ1) is 14.4. The zero-order chi connectivity index (χ0) is 22.1. The molecule has 1 atom stereocenters. The van der Waals surface area contributed by atoms with Gasteiger partial charge in [-0.2, -0.15) is 0 Å². The van der Waals surface area contributed by atoms with Gasteiger partial charge in [0.2, 0.25) is 11.8 Å². The van der Waals surface area contributed by atoms with Crippen LogP contribution in [0.4, 0.5) is 0 Å². The number of aryl methyl sites for hydroxylation is 1. The average Bonchev–Trinajstić information content (AvgIpc) is 2.70. The van der Waals surface area contributed by atoms with Crippen LogP contribution < -0.4 is 5.32 Å². The van der Waals surface area contributed by atoms with Crippen LogP contribution >= 0.6 is 35.0 Å². The predicted octanol–water partition coefficient (Wildman–Crippen LogP) is 5.48. The van der Waals surface area contributed by atoms with Crippen molar-refractivity contribution in [3.63, 3.8) is 0 Å². The van der Waals surface area contributed by atoms with Crippen LogP contribution in [-0.4, -0.2) is 35.1 Å². The van der Waals surface area contributed by atoms with E-state index in [4.69, 9.17) is 23.2 Å². The van der Waals surface area contributed by atoms with Crippen molar-refractivity contribution in [3.05, 3.63) is 69.2 Å².